The van der Waals surface area contributed by atoms with Gasteiger partial charge >= 0.3 is 5.97 Å². The lowest BCUT2D eigenvalue weighted by molar-refractivity contribution is 0.0697. The molecule has 0 fully saturated rings. The van der Waals surface area contributed by atoms with Crippen molar-refractivity contribution >= 4 is 35.0 Å². The first-order chi connectivity index (χ1) is 9.90. The summed E-state index contributed by atoms with van der Waals surface area (Å²) in [5.41, 5.74) is 6.80. The van der Waals surface area contributed by atoms with E-state index in [0.717, 1.165) is 0 Å². The molecule has 0 unspecified atom stereocenters. The predicted octanol–water partition coefficient (Wildman–Crippen LogP) is 2.58. The number of aromatic carboxylic acids is 1. The third-order valence-electron chi connectivity index (χ3n) is 2.87. The number of nitrogens with zero attached hydrogens (tertiary/aromatic N) is 1. The quantitative estimate of drug-likeness (QED) is 0.805. The van der Waals surface area contributed by atoms with Gasteiger partial charge < -0.3 is 16.2 Å². The summed E-state index contributed by atoms with van der Waals surface area (Å²) in [7, 11) is 0. The Hall–Kier alpha value is -2.60. The number of aromatic nitrogens is 1. The molecule has 0 saturated carbocycles. The van der Waals surface area contributed by atoms with Crippen molar-refractivity contribution in [3.8, 4) is 0 Å². The first kappa shape index (κ1) is 14.8. The Bertz CT molecular complexity index is 731. The number of carbonyl (C=O) groups is 2. The maximum absolute atomic E-state index is 11.5. The van der Waals surface area contributed by atoms with Crippen LogP contribution in [0.25, 0.3) is 0 Å². The number of nitrogens with one attached hydrogen (secondary N) is 1. The number of halogens is 1. The van der Waals surface area contributed by atoms with Crippen molar-refractivity contribution in [1.82, 2.24) is 4.98 Å². The second kappa shape index (κ2) is 5.80. The molecule has 1 aromatic carbocycles. The minimum absolute atomic E-state index is 0.00505. The molecule has 108 valence electrons. The van der Waals surface area contributed by atoms with E-state index in [4.69, 9.17) is 22.4 Å². The van der Waals surface area contributed by atoms with Gasteiger partial charge in [-0.3, -0.25) is 4.79 Å². The minimum atomic E-state index is -1.11. The average Bonchev–Trinajstić information content (AvgIpc) is 2.37. The van der Waals surface area contributed by atoms with E-state index in [1.54, 1.807) is 13.0 Å². The molecule has 7 heteroatoms. The zero-order chi connectivity index (χ0) is 15.6. The van der Waals surface area contributed by atoms with Gasteiger partial charge in [-0.25, -0.2) is 9.78 Å². The third kappa shape index (κ3) is 3.11. The number of primary amides is 1. The number of rotatable bonds is 4. The molecule has 0 atom stereocenters. The number of carbonyl (C=O) groups excluding carboxylic acids is 1. The fourth-order valence-corrected chi connectivity index (χ4v) is 2.13. The summed E-state index contributed by atoms with van der Waals surface area (Å²) < 4.78 is 0. The molecule has 0 aliphatic heterocycles. The van der Waals surface area contributed by atoms with Crippen LogP contribution in [0, 0.1) is 6.92 Å². The lowest BCUT2D eigenvalue weighted by atomic mass is 10.1. The minimum Gasteiger partial charge on any atom is -0.478 e. The second-order valence-electron chi connectivity index (χ2n) is 4.34. The van der Waals surface area contributed by atoms with Gasteiger partial charge in [0.05, 0.1) is 16.1 Å². The van der Waals surface area contributed by atoms with E-state index in [1.807, 2.05) is 0 Å². The molecule has 0 aliphatic carbocycles. The van der Waals surface area contributed by atoms with Gasteiger partial charge in [0.1, 0.15) is 5.82 Å². The SMILES string of the molecule is Cc1ccnc(Nc2ccc(C(=O)O)c(Cl)c2)c1C(N)=O. The number of hydrogen-bond donors (Lipinski definition) is 3. The number of carboxylic acid groups (broad SMARTS) is 1. The fraction of sp³-hybridized carbons (Fsp3) is 0.0714. The number of hydrogen-bond acceptors (Lipinski definition) is 4. The molecule has 0 spiro atoms. The van der Waals surface area contributed by atoms with Crippen molar-refractivity contribution in [2.24, 2.45) is 5.73 Å². The van der Waals surface area contributed by atoms with Crippen LogP contribution in [0.2, 0.25) is 5.02 Å². The lowest BCUT2D eigenvalue weighted by Crippen LogP contribution is -2.16. The van der Waals surface area contributed by atoms with E-state index < -0.39 is 11.9 Å². The van der Waals surface area contributed by atoms with E-state index >= 15 is 0 Å². The summed E-state index contributed by atoms with van der Waals surface area (Å²) in [6.07, 6.45) is 1.54. The molecule has 2 aromatic rings. The van der Waals surface area contributed by atoms with Crippen molar-refractivity contribution < 1.29 is 14.7 Å². The standard InChI is InChI=1S/C14H12ClN3O3/c1-7-4-5-17-13(11(7)12(16)19)18-8-2-3-9(14(20)21)10(15)6-8/h2-6H,1H3,(H2,16,19)(H,17,18)(H,20,21). The summed E-state index contributed by atoms with van der Waals surface area (Å²) in [6, 6.07) is 6.02. The Morgan fingerprint density at radius 3 is 2.62 bits per heavy atom. The normalized spacial score (nSPS) is 10.2. The first-order valence-corrected chi connectivity index (χ1v) is 6.33. The largest absolute Gasteiger partial charge is 0.478 e. The van der Waals surface area contributed by atoms with Crippen molar-refractivity contribution in [3.63, 3.8) is 0 Å². The monoisotopic (exact) mass is 305 g/mol. The number of carboxylic acids is 1. The van der Waals surface area contributed by atoms with E-state index in [0.29, 0.717) is 17.1 Å². The van der Waals surface area contributed by atoms with E-state index in [-0.39, 0.29) is 16.1 Å². The Morgan fingerprint density at radius 2 is 2.05 bits per heavy atom. The average molecular weight is 306 g/mol. The van der Waals surface area contributed by atoms with Crippen LogP contribution >= 0.6 is 11.6 Å². The molecular weight excluding hydrogens is 294 g/mol. The molecular formula is C14H12ClN3O3. The van der Waals surface area contributed by atoms with Gasteiger partial charge in [0.15, 0.2) is 0 Å². The van der Waals surface area contributed by atoms with Crippen LogP contribution in [0.3, 0.4) is 0 Å². The van der Waals surface area contributed by atoms with Crippen LogP contribution in [0.15, 0.2) is 30.5 Å². The molecule has 1 heterocycles. The van der Waals surface area contributed by atoms with Crippen molar-refractivity contribution in [2.45, 2.75) is 6.92 Å². The maximum Gasteiger partial charge on any atom is 0.337 e. The highest BCUT2D eigenvalue weighted by Crippen LogP contribution is 2.25. The van der Waals surface area contributed by atoms with Gasteiger partial charge in [0.2, 0.25) is 0 Å². The summed E-state index contributed by atoms with van der Waals surface area (Å²) in [5, 5.41) is 11.9. The topological polar surface area (TPSA) is 105 Å². The van der Waals surface area contributed by atoms with Crippen molar-refractivity contribution in [3.05, 3.63) is 52.2 Å². The highest BCUT2D eigenvalue weighted by atomic mass is 35.5. The highest BCUT2D eigenvalue weighted by Gasteiger charge is 2.14. The third-order valence-corrected chi connectivity index (χ3v) is 3.18. The predicted molar refractivity (Wildman–Crippen MR) is 79.2 cm³/mol. The number of anilines is 2. The maximum atomic E-state index is 11.5. The molecule has 0 bridgehead atoms. The van der Waals surface area contributed by atoms with E-state index in [2.05, 4.69) is 10.3 Å². The van der Waals surface area contributed by atoms with Gasteiger partial charge in [0.25, 0.3) is 5.91 Å². The summed E-state index contributed by atoms with van der Waals surface area (Å²) in [4.78, 5) is 26.5. The van der Waals surface area contributed by atoms with E-state index in [9.17, 15) is 9.59 Å². The van der Waals surface area contributed by atoms with Gasteiger partial charge in [-0.2, -0.15) is 0 Å². The molecule has 1 aromatic heterocycles. The summed E-state index contributed by atoms with van der Waals surface area (Å²) >= 11 is 5.89. The molecule has 2 rings (SSSR count). The fourth-order valence-electron chi connectivity index (χ4n) is 1.87. The number of pyridine rings is 1. The van der Waals surface area contributed by atoms with Gasteiger partial charge in [-0.1, -0.05) is 11.6 Å². The van der Waals surface area contributed by atoms with Crippen LogP contribution in [0.5, 0.6) is 0 Å². The van der Waals surface area contributed by atoms with Crippen molar-refractivity contribution in [2.75, 3.05) is 5.32 Å². The van der Waals surface area contributed by atoms with Crippen LogP contribution < -0.4 is 11.1 Å². The smallest absolute Gasteiger partial charge is 0.337 e. The molecule has 1 amide bonds. The first-order valence-electron chi connectivity index (χ1n) is 5.95. The van der Waals surface area contributed by atoms with Crippen LogP contribution in [-0.2, 0) is 0 Å². The lowest BCUT2D eigenvalue weighted by Gasteiger charge is -2.11. The summed E-state index contributed by atoms with van der Waals surface area (Å²) in [6.45, 7) is 1.74. The Balaban J connectivity index is 2.39. The van der Waals surface area contributed by atoms with Crippen LogP contribution in [0.1, 0.15) is 26.3 Å². The Morgan fingerprint density at radius 1 is 1.33 bits per heavy atom. The van der Waals surface area contributed by atoms with Crippen LogP contribution in [0.4, 0.5) is 11.5 Å². The Kier molecular flexibility index (Phi) is 4.09. The van der Waals surface area contributed by atoms with Gasteiger partial charge in [0, 0.05) is 11.9 Å². The Labute approximate surface area is 125 Å². The molecule has 21 heavy (non-hydrogen) atoms. The molecule has 4 N–H and O–H groups in total. The molecule has 0 radical (unpaired) electrons. The number of aryl methyl sites for hydroxylation is 1. The molecule has 0 saturated heterocycles. The van der Waals surface area contributed by atoms with Gasteiger partial charge in [-0.15, -0.1) is 0 Å². The molecule has 0 aliphatic rings. The highest BCUT2D eigenvalue weighted by molar-refractivity contribution is 6.33. The van der Waals surface area contributed by atoms with Gasteiger partial charge in [-0.05, 0) is 36.8 Å². The number of benzene rings is 1. The van der Waals surface area contributed by atoms with E-state index in [1.165, 1.54) is 24.4 Å². The zero-order valence-electron chi connectivity index (χ0n) is 11.1. The number of nitrogens with two attached hydrogens (primary N) is 1. The molecule has 6 nitrogen and oxygen atoms in total. The number of amides is 1. The zero-order valence-corrected chi connectivity index (χ0v) is 11.8. The van der Waals surface area contributed by atoms with Crippen LogP contribution in [-0.4, -0.2) is 22.0 Å². The second-order valence-corrected chi connectivity index (χ2v) is 4.75. The summed E-state index contributed by atoms with van der Waals surface area (Å²) in [5.74, 6) is -1.42. The van der Waals surface area contributed by atoms with Crippen molar-refractivity contribution in [1.29, 1.82) is 0 Å².